The Morgan fingerprint density at radius 2 is 2.07 bits per heavy atom. The van der Waals surface area contributed by atoms with Crippen molar-refractivity contribution in [1.29, 1.82) is 0 Å². The van der Waals surface area contributed by atoms with Crippen molar-refractivity contribution in [1.82, 2.24) is 4.90 Å². The van der Waals surface area contributed by atoms with Gasteiger partial charge in [0.05, 0.1) is 6.61 Å². The number of likely N-dealkylation sites (N-methyl/N-ethyl adjacent to an activating group) is 1. The number of aliphatic carboxylic acids is 1. The molecule has 2 atom stereocenters. The molecule has 2 heterocycles. The van der Waals surface area contributed by atoms with E-state index in [0.29, 0.717) is 12.5 Å². The third-order valence-corrected chi connectivity index (χ3v) is 3.27. The molecule has 0 aliphatic carbocycles. The summed E-state index contributed by atoms with van der Waals surface area (Å²) in [4.78, 5) is 12.7. The van der Waals surface area contributed by atoms with E-state index < -0.39 is 12.0 Å². The normalized spacial score (nSPS) is 34.5. The number of carboxylic acids is 1. The standard InChI is InChI=1S/C10H17NO4/c1-11-8(10(12)13)6-15-9(11)7-2-4-14-5-3-7/h7-9H,2-6H2,1H3,(H,12,13). The Hall–Kier alpha value is -0.650. The zero-order valence-electron chi connectivity index (χ0n) is 8.89. The van der Waals surface area contributed by atoms with Crippen molar-refractivity contribution in [2.45, 2.75) is 25.1 Å². The molecule has 2 aliphatic heterocycles. The largest absolute Gasteiger partial charge is 0.480 e. The summed E-state index contributed by atoms with van der Waals surface area (Å²) in [6, 6.07) is -0.488. The fourth-order valence-electron chi connectivity index (χ4n) is 2.32. The maximum absolute atomic E-state index is 10.9. The molecule has 5 heteroatoms. The van der Waals surface area contributed by atoms with Crippen LogP contribution in [0.1, 0.15) is 12.8 Å². The lowest BCUT2D eigenvalue weighted by molar-refractivity contribution is -0.142. The zero-order chi connectivity index (χ0) is 10.8. The summed E-state index contributed by atoms with van der Waals surface area (Å²) in [5, 5.41) is 8.95. The van der Waals surface area contributed by atoms with E-state index in [4.69, 9.17) is 14.6 Å². The van der Waals surface area contributed by atoms with Crippen LogP contribution in [0.3, 0.4) is 0 Å². The second-order valence-corrected chi connectivity index (χ2v) is 4.19. The highest BCUT2D eigenvalue weighted by molar-refractivity contribution is 5.73. The number of carbonyl (C=O) groups is 1. The molecule has 2 rings (SSSR count). The molecule has 0 amide bonds. The molecule has 0 aromatic carbocycles. The molecule has 0 spiro atoms. The summed E-state index contributed by atoms with van der Waals surface area (Å²) in [5.74, 6) is -0.389. The number of nitrogens with zero attached hydrogens (tertiary/aromatic N) is 1. The Labute approximate surface area is 89.0 Å². The van der Waals surface area contributed by atoms with Crippen molar-refractivity contribution in [2.24, 2.45) is 5.92 Å². The number of carboxylic acid groups (broad SMARTS) is 1. The van der Waals surface area contributed by atoms with Gasteiger partial charge in [0.15, 0.2) is 0 Å². The minimum absolute atomic E-state index is 0.0463. The van der Waals surface area contributed by atoms with E-state index in [1.165, 1.54) is 0 Å². The molecule has 86 valence electrons. The van der Waals surface area contributed by atoms with E-state index in [-0.39, 0.29) is 6.23 Å². The molecule has 2 saturated heterocycles. The van der Waals surface area contributed by atoms with Gasteiger partial charge in [-0.1, -0.05) is 0 Å². The van der Waals surface area contributed by atoms with Gasteiger partial charge in [-0.05, 0) is 19.9 Å². The quantitative estimate of drug-likeness (QED) is 0.710. The van der Waals surface area contributed by atoms with Gasteiger partial charge in [-0.2, -0.15) is 0 Å². The lowest BCUT2D eigenvalue weighted by atomic mass is 9.97. The van der Waals surface area contributed by atoms with Crippen LogP contribution in [0.25, 0.3) is 0 Å². The topological polar surface area (TPSA) is 59.0 Å². The average molecular weight is 215 g/mol. The van der Waals surface area contributed by atoms with Crippen LogP contribution in [0, 0.1) is 5.92 Å². The van der Waals surface area contributed by atoms with Gasteiger partial charge in [0.1, 0.15) is 12.3 Å². The Kier molecular flexibility index (Phi) is 3.23. The Balaban J connectivity index is 1.96. The first-order chi connectivity index (χ1) is 7.20. The van der Waals surface area contributed by atoms with Crippen molar-refractivity contribution in [3.8, 4) is 0 Å². The maximum Gasteiger partial charge on any atom is 0.323 e. The van der Waals surface area contributed by atoms with Gasteiger partial charge in [0.25, 0.3) is 0 Å². The predicted octanol–water partition coefficient (Wildman–Crippen LogP) is 0.154. The van der Waals surface area contributed by atoms with Gasteiger partial charge < -0.3 is 14.6 Å². The van der Waals surface area contributed by atoms with Crippen molar-refractivity contribution in [2.75, 3.05) is 26.9 Å². The van der Waals surface area contributed by atoms with Crippen LogP contribution >= 0.6 is 0 Å². The lowest BCUT2D eigenvalue weighted by Crippen LogP contribution is -2.43. The fraction of sp³-hybridized carbons (Fsp3) is 0.900. The minimum Gasteiger partial charge on any atom is -0.480 e. The summed E-state index contributed by atoms with van der Waals surface area (Å²) < 4.78 is 10.8. The van der Waals surface area contributed by atoms with Crippen LogP contribution in [0.5, 0.6) is 0 Å². The van der Waals surface area contributed by atoms with Crippen LogP contribution in [-0.4, -0.2) is 55.1 Å². The number of ether oxygens (including phenoxy) is 2. The number of hydrogen-bond acceptors (Lipinski definition) is 4. The van der Waals surface area contributed by atoms with Crippen LogP contribution in [0.15, 0.2) is 0 Å². The summed E-state index contributed by atoms with van der Waals surface area (Å²) >= 11 is 0. The molecular formula is C10H17NO4. The fourth-order valence-corrected chi connectivity index (χ4v) is 2.32. The molecule has 15 heavy (non-hydrogen) atoms. The van der Waals surface area contributed by atoms with E-state index in [2.05, 4.69) is 0 Å². The molecule has 0 bridgehead atoms. The summed E-state index contributed by atoms with van der Waals surface area (Å²) in [6.45, 7) is 1.82. The van der Waals surface area contributed by atoms with Crippen molar-refractivity contribution in [3.63, 3.8) is 0 Å². The smallest absolute Gasteiger partial charge is 0.323 e. The molecule has 0 aromatic heterocycles. The third kappa shape index (κ3) is 2.14. The lowest BCUT2D eigenvalue weighted by Gasteiger charge is -2.31. The van der Waals surface area contributed by atoms with Gasteiger partial charge in [-0.25, -0.2) is 0 Å². The minimum atomic E-state index is -0.799. The van der Waals surface area contributed by atoms with Crippen molar-refractivity contribution >= 4 is 5.97 Å². The van der Waals surface area contributed by atoms with Crippen molar-refractivity contribution < 1.29 is 19.4 Å². The molecule has 2 fully saturated rings. The first kappa shape index (κ1) is 10.9. The highest BCUT2D eigenvalue weighted by Gasteiger charge is 2.40. The zero-order valence-corrected chi connectivity index (χ0v) is 8.89. The Bertz CT molecular complexity index is 240. The van der Waals surface area contributed by atoms with Crippen LogP contribution in [-0.2, 0) is 14.3 Å². The second-order valence-electron chi connectivity index (χ2n) is 4.19. The van der Waals surface area contributed by atoms with E-state index in [1.807, 2.05) is 11.9 Å². The van der Waals surface area contributed by atoms with E-state index in [9.17, 15) is 4.79 Å². The monoisotopic (exact) mass is 215 g/mol. The third-order valence-electron chi connectivity index (χ3n) is 3.27. The van der Waals surface area contributed by atoms with Crippen molar-refractivity contribution in [3.05, 3.63) is 0 Å². The molecule has 0 saturated carbocycles. The number of rotatable bonds is 2. The molecule has 1 N–H and O–H groups in total. The highest BCUT2D eigenvalue weighted by atomic mass is 16.5. The molecule has 0 aromatic rings. The van der Waals surface area contributed by atoms with Gasteiger partial charge in [-0.15, -0.1) is 0 Å². The molecule has 2 unspecified atom stereocenters. The summed E-state index contributed by atoms with van der Waals surface area (Å²) in [6.07, 6.45) is 1.87. The van der Waals surface area contributed by atoms with Crippen LogP contribution < -0.4 is 0 Å². The van der Waals surface area contributed by atoms with Gasteiger partial charge >= 0.3 is 5.97 Å². The maximum atomic E-state index is 10.9. The molecular weight excluding hydrogens is 198 g/mol. The molecule has 0 radical (unpaired) electrons. The number of hydrogen-bond donors (Lipinski definition) is 1. The van der Waals surface area contributed by atoms with Gasteiger partial charge in [0, 0.05) is 19.1 Å². The van der Waals surface area contributed by atoms with Crippen LogP contribution in [0.4, 0.5) is 0 Å². The van der Waals surface area contributed by atoms with E-state index in [1.54, 1.807) is 0 Å². The average Bonchev–Trinajstić information content (AvgIpc) is 2.61. The Morgan fingerprint density at radius 3 is 2.60 bits per heavy atom. The summed E-state index contributed by atoms with van der Waals surface area (Å²) in [5.41, 5.74) is 0. The molecule has 2 aliphatic rings. The van der Waals surface area contributed by atoms with Gasteiger partial charge in [0.2, 0.25) is 0 Å². The SMILES string of the molecule is CN1C(C(=O)O)COC1C1CCOCC1. The highest BCUT2D eigenvalue weighted by Crippen LogP contribution is 2.28. The van der Waals surface area contributed by atoms with E-state index in [0.717, 1.165) is 26.1 Å². The van der Waals surface area contributed by atoms with Gasteiger partial charge in [-0.3, -0.25) is 9.69 Å². The Morgan fingerprint density at radius 1 is 1.40 bits per heavy atom. The first-order valence-electron chi connectivity index (χ1n) is 5.34. The summed E-state index contributed by atoms with van der Waals surface area (Å²) in [7, 11) is 1.83. The molecule has 5 nitrogen and oxygen atoms in total. The van der Waals surface area contributed by atoms with Crippen LogP contribution in [0.2, 0.25) is 0 Å². The first-order valence-corrected chi connectivity index (χ1v) is 5.34. The van der Waals surface area contributed by atoms with E-state index >= 15 is 0 Å². The predicted molar refractivity (Wildman–Crippen MR) is 52.5 cm³/mol. The second kappa shape index (κ2) is 4.47.